The van der Waals surface area contributed by atoms with Crippen molar-refractivity contribution in [1.29, 1.82) is 5.26 Å². The van der Waals surface area contributed by atoms with E-state index in [9.17, 15) is 4.79 Å². The SMILES string of the molecule is CCOC(=O)c1sc(CNc2cccc(C#N)n2)nc1C. The Labute approximate surface area is 126 Å². The van der Waals surface area contributed by atoms with E-state index in [4.69, 9.17) is 10.00 Å². The van der Waals surface area contributed by atoms with E-state index in [0.717, 1.165) is 5.01 Å². The monoisotopic (exact) mass is 302 g/mol. The van der Waals surface area contributed by atoms with Crippen molar-refractivity contribution in [2.75, 3.05) is 11.9 Å². The predicted octanol–water partition coefficient (Wildman–Crippen LogP) is 2.51. The molecule has 2 heterocycles. The summed E-state index contributed by atoms with van der Waals surface area (Å²) < 4.78 is 4.98. The molecule has 0 saturated heterocycles. The molecule has 21 heavy (non-hydrogen) atoms. The molecule has 108 valence electrons. The Morgan fingerprint density at radius 1 is 1.48 bits per heavy atom. The van der Waals surface area contributed by atoms with Crippen molar-refractivity contribution in [2.24, 2.45) is 0 Å². The Bertz CT molecular complexity index is 691. The van der Waals surface area contributed by atoms with Gasteiger partial charge in [-0.25, -0.2) is 14.8 Å². The second kappa shape index (κ2) is 6.81. The minimum Gasteiger partial charge on any atom is -0.462 e. The first kappa shape index (κ1) is 14.9. The number of carbonyl (C=O) groups is 1. The zero-order valence-electron chi connectivity index (χ0n) is 11.7. The summed E-state index contributed by atoms with van der Waals surface area (Å²) in [7, 11) is 0. The van der Waals surface area contributed by atoms with Gasteiger partial charge in [0.15, 0.2) is 0 Å². The van der Waals surface area contributed by atoms with Gasteiger partial charge in [0.2, 0.25) is 0 Å². The minimum absolute atomic E-state index is 0.342. The molecule has 0 saturated carbocycles. The standard InChI is InChI=1S/C14H14N4O2S/c1-3-20-14(19)13-9(2)17-12(21-13)8-16-11-6-4-5-10(7-15)18-11/h4-6H,3,8H2,1-2H3,(H,16,18). The Kier molecular flexibility index (Phi) is 4.85. The van der Waals surface area contributed by atoms with Crippen LogP contribution in [0.1, 0.15) is 33.0 Å². The average molecular weight is 302 g/mol. The van der Waals surface area contributed by atoms with Crippen LogP contribution < -0.4 is 5.32 Å². The molecule has 2 aromatic heterocycles. The quantitative estimate of drug-likeness (QED) is 0.854. The van der Waals surface area contributed by atoms with Crippen molar-refractivity contribution in [2.45, 2.75) is 20.4 Å². The van der Waals surface area contributed by atoms with Crippen LogP contribution in [0.15, 0.2) is 18.2 Å². The number of nitrogens with one attached hydrogen (secondary N) is 1. The Morgan fingerprint density at radius 3 is 3.00 bits per heavy atom. The van der Waals surface area contributed by atoms with E-state index in [1.165, 1.54) is 11.3 Å². The van der Waals surface area contributed by atoms with Crippen molar-refractivity contribution in [3.63, 3.8) is 0 Å². The lowest BCUT2D eigenvalue weighted by molar-refractivity contribution is 0.0531. The Balaban J connectivity index is 2.05. The lowest BCUT2D eigenvalue weighted by atomic mass is 10.3. The third-order valence-corrected chi connectivity index (χ3v) is 3.72. The number of esters is 1. The van der Waals surface area contributed by atoms with Crippen molar-refractivity contribution in [3.8, 4) is 6.07 Å². The van der Waals surface area contributed by atoms with Gasteiger partial charge in [-0.2, -0.15) is 5.26 Å². The third-order valence-electron chi connectivity index (χ3n) is 2.59. The maximum Gasteiger partial charge on any atom is 0.350 e. The first-order valence-corrected chi connectivity index (χ1v) is 7.20. The van der Waals surface area contributed by atoms with Gasteiger partial charge < -0.3 is 10.1 Å². The molecule has 2 aromatic rings. The summed E-state index contributed by atoms with van der Waals surface area (Å²) in [4.78, 5) is 20.7. The van der Waals surface area contributed by atoms with Gasteiger partial charge in [-0.05, 0) is 26.0 Å². The summed E-state index contributed by atoms with van der Waals surface area (Å²) in [5.74, 6) is 0.253. The molecule has 0 aromatic carbocycles. The number of rotatable bonds is 5. The molecule has 0 aliphatic heterocycles. The number of ether oxygens (including phenoxy) is 1. The van der Waals surface area contributed by atoms with E-state index in [2.05, 4.69) is 15.3 Å². The second-order valence-electron chi connectivity index (χ2n) is 4.12. The predicted molar refractivity (Wildman–Crippen MR) is 79.1 cm³/mol. The zero-order valence-corrected chi connectivity index (χ0v) is 12.5. The van der Waals surface area contributed by atoms with E-state index in [0.29, 0.717) is 35.2 Å². The molecule has 0 bridgehead atoms. The van der Waals surface area contributed by atoms with Gasteiger partial charge >= 0.3 is 5.97 Å². The first-order chi connectivity index (χ1) is 10.1. The molecule has 0 atom stereocenters. The number of carbonyl (C=O) groups excluding carboxylic acids is 1. The molecule has 0 amide bonds. The number of pyridine rings is 1. The molecule has 1 N–H and O–H groups in total. The second-order valence-corrected chi connectivity index (χ2v) is 5.20. The Morgan fingerprint density at radius 2 is 2.29 bits per heavy atom. The highest BCUT2D eigenvalue weighted by molar-refractivity contribution is 7.13. The number of nitrogens with zero attached hydrogens (tertiary/aromatic N) is 3. The van der Waals surface area contributed by atoms with E-state index in [1.54, 1.807) is 32.0 Å². The van der Waals surface area contributed by atoms with Crippen LogP contribution in [0.3, 0.4) is 0 Å². The number of thiazole rings is 1. The molecular weight excluding hydrogens is 288 g/mol. The van der Waals surface area contributed by atoms with Crippen molar-refractivity contribution in [3.05, 3.63) is 39.5 Å². The normalized spacial score (nSPS) is 9.95. The number of aromatic nitrogens is 2. The lowest BCUT2D eigenvalue weighted by Crippen LogP contribution is -2.03. The third kappa shape index (κ3) is 3.77. The van der Waals surface area contributed by atoms with Crippen LogP contribution in [0.25, 0.3) is 0 Å². The number of hydrogen-bond donors (Lipinski definition) is 1. The largest absolute Gasteiger partial charge is 0.462 e. The van der Waals surface area contributed by atoms with Gasteiger partial charge in [0.25, 0.3) is 0 Å². The maximum atomic E-state index is 11.7. The van der Waals surface area contributed by atoms with Crippen LogP contribution in [0.4, 0.5) is 5.82 Å². The van der Waals surface area contributed by atoms with Gasteiger partial charge in [0, 0.05) is 0 Å². The molecule has 0 aliphatic rings. The van der Waals surface area contributed by atoms with Gasteiger partial charge in [-0.1, -0.05) is 6.07 Å². The summed E-state index contributed by atoms with van der Waals surface area (Å²) in [6.45, 7) is 4.33. The molecule has 0 fully saturated rings. The van der Waals surface area contributed by atoms with Crippen molar-refractivity contribution < 1.29 is 9.53 Å². The van der Waals surface area contributed by atoms with Gasteiger partial charge in [-0.15, -0.1) is 11.3 Å². The van der Waals surface area contributed by atoms with E-state index < -0.39 is 0 Å². The summed E-state index contributed by atoms with van der Waals surface area (Å²) in [5.41, 5.74) is 1.01. The summed E-state index contributed by atoms with van der Waals surface area (Å²) in [5, 5.41) is 12.6. The highest BCUT2D eigenvalue weighted by Crippen LogP contribution is 2.20. The van der Waals surface area contributed by atoms with Gasteiger partial charge in [-0.3, -0.25) is 0 Å². The van der Waals surface area contributed by atoms with Crippen molar-refractivity contribution in [1.82, 2.24) is 9.97 Å². The van der Waals surface area contributed by atoms with Crippen LogP contribution in [0, 0.1) is 18.3 Å². The number of hydrogen-bond acceptors (Lipinski definition) is 7. The number of anilines is 1. The highest BCUT2D eigenvalue weighted by atomic mass is 32.1. The van der Waals surface area contributed by atoms with Crippen LogP contribution >= 0.6 is 11.3 Å². The molecule has 2 rings (SSSR count). The van der Waals surface area contributed by atoms with Crippen LogP contribution in [-0.2, 0) is 11.3 Å². The first-order valence-electron chi connectivity index (χ1n) is 6.38. The molecular formula is C14H14N4O2S. The van der Waals surface area contributed by atoms with Crippen molar-refractivity contribution >= 4 is 23.1 Å². The molecule has 0 aliphatic carbocycles. The van der Waals surface area contributed by atoms with Crippen LogP contribution in [-0.4, -0.2) is 22.5 Å². The maximum absolute atomic E-state index is 11.7. The fourth-order valence-corrected chi connectivity index (χ4v) is 2.57. The highest BCUT2D eigenvalue weighted by Gasteiger charge is 2.16. The zero-order chi connectivity index (χ0) is 15.2. The molecule has 0 radical (unpaired) electrons. The van der Waals surface area contributed by atoms with E-state index >= 15 is 0 Å². The average Bonchev–Trinajstić information content (AvgIpc) is 2.87. The van der Waals surface area contributed by atoms with E-state index in [-0.39, 0.29) is 5.97 Å². The van der Waals surface area contributed by atoms with Gasteiger partial charge in [0.05, 0.1) is 18.8 Å². The molecule has 0 unspecified atom stereocenters. The molecule has 0 spiro atoms. The Hall–Kier alpha value is -2.46. The number of nitriles is 1. The van der Waals surface area contributed by atoms with E-state index in [1.807, 2.05) is 6.07 Å². The minimum atomic E-state index is -0.344. The van der Waals surface area contributed by atoms with Crippen LogP contribution in [0.2, 0.25) is 0 Å². The summed E-state index contributed by atoms with van der Waals surface area (Å²) >= 11 is 1.30. The smallest absolute Gasteiger partial charge is 0.350 e. The molecule has 7 heteroatoms. The lowest BCUT2D eigenvalue weighted by Gasteiger charge is -2.02. The fourth-order valence-electron chi connectivity index (χ4n) is 1.68. The van der Waals surface area contributed by atoms with Gasteiger partial charge in [0.1, 0.15) is 27.5 Å². The number of aryl methyl sites for hydroxylation is 1. The van der Waals surface area contributed by atoms with Crippen LogP contribution in [0.5, 0.6) is 0 Å². The molecule has 6 nitrogen and oxygen atoms in total. The summed E-state index contributed by atoms with van der Waals surface area (Å²) in [6, 6.07) is 7.15. The summed E-state index contributed by atoms with van der Waals surface area (Å²) in [6.07, 6.45) is 0. The topological polar surface area (TPSA) is 87.9 Å². The fraction of sp³-hybridized carbons (Fsp3) is 0.286.